The van der Waals surface area contributed by atoms with Crippen LogP contribution in [0.25, 0.3) is 10.1 Å². The van der Waals surface area contributed by atoms with Gasteiger partial charge in [-0.25, -0.2) is 4.39 Å². The topological polar surface area (TPSA) is 118 Å². The number of carboxylic acids is 1. The highest BCUT2D eigenvalue weighted by Gasteiger charge is 2.56. The number of carbonyl (C=O) groups is 3. The first kappa shape index (κ1) is 34.9. The number of thiophene rings is 1. The molecule has 0 radical (unpaired) electrons. The monoisotopic (exact) mass is 701 g/mol. The summed E-state index contributed by atoms with van der Waals surface area (Å²) in [5, 5.41) is 15.0. The maximum absolute atomic E-state index is 15.9. The quantitative estimate of drug-likeness (QED) is 0.241. The molecule has 0 spiro atoms. The van der Waals surface area contributed by atoms with Crippen LogP contribution in [-0.2, 0) is 30.2 Å². The van der Waals surface area contributed by atoms with E-state index in [1.54, 1.807) is 19.6 Å². The molecule has 3 aliphatic rings. The molecule has 258 valence electrons. The molecular weight excluding hydrogens is 661 g/mol. The van der Waals surface area contributed by atoms with Crippen molar-refractivity contribution in [1.82, 2.24) is 9.80 Å². The third-order valence-electron chi connectivity index (χ3n) is 9.96. The van der Waals surface area contributed by atoms with Gasteiger partial charge in [0.2, 0.25) is 5.85 Å². The minimum absolute atomic E-state index is 0.0801. The van der Waals surface area contributed by atoms with Crippen LogP contribution in [0.3, 0.4) is 0 Å². The van der Waals surface area contributed by atoms with Gasteiger partial charge in [-0.1, -0.05) is 29.8 Å². The summed E-state index contributed by atoms with van der Waals surface area (Å²) in [4.78, 5) is 43.6. The number of carboxylic acid groups (broad SMARTS) is 1. The van der Waals surface area contributed by atoms with Crippen LogP contribution in [0.15, 0.2) is 41.8 Å². The number of fused-ring (bicyclic) bond motifs is 1. The van der Waals surface area contributed by atoms with Crippen molar-refractivity contribution in [3.63, 3.8) is 0 Å². The van der Waals surface area contributed by atoms with Crippen molar-refractivity contribution in [3.8, 4) is 0 Å². The van der Waals surface area contributed by atoms with Gasteiger partial charge in [0, 0.05) is 62.3 Å². The lowest BCUT2D eigenvalue weighted by Crippen LogP contribution is -2.67. The van der Waals surface area contributed by atoms with E-state index >= 15 is 4.39 Å². The Balaban J connectivity index is 1.29. The largest absolute Gasteiger partial charge is 0.481 e. The SMILES string of the molecule is CO[C@H]1CN(C(O[C@H]2CC[C@H](C(=O)O)CC2)(C(=O)Cc2cc(Cl)c(NC(=O)c3csc4ccccc34)cc2F)N2CCCC2)C[C@H]1OC. The number of hydrogen-bond acceptors (Lipinski definition) is 9. The molecular formula is C35H41ClFN3O7S. The highest BCUT2D eigenvalue weighted by Crippen LogP contribution is 2.39. The van der Waals surface area contributed by atoms with Crippen LogP contribution in [0.5, 0.6) is 0 Å². The number of carbonyl (C=O) groups excluding carboxylic acids is 2. The normalized spacial score (nSPS) is 24.9. The number of benzene rings is 2. The van der Waals surface area contributed by atoms with Gasteiger partial charge in [-0.15, -0.1) is 11.3 Å². The molecule has 3 aromatic rings. The first-order valence-electron chi connectivity index (χ1n) is 16.4. The van der Waals surface area contributed by atoms with E-state index in [-0.39, 0.29) is 46.8 Å². The molecule has 1 aliphatic carbocycles. The number of Topliss-reactive ketones (excluding diaryl/α,β-unsaturated/α-hetero) is 1. The number of methoxy groups -OCH3 is 2. The molecule has 2 aliphatic heterocycles. The summed E-state index contributed by atoms with van der Waals surface area (Å²) in [6, 6.07) is 10.1. The average Bonchev–Trinajstić information content (AvgIpc) is 3.86. The molecule has 3 heterocycles. The van der Waals surface area contributed by atoms with E-state index in [4.69, 9.17) is 25.8 Å². The van der Waals surface area contributed by atoms with E-state index in [0.717, 1.165) is 29.0 Å². The number of ketones is 1. The zero-order chi connectivity index (χ0) is 34.0. The van der Waals surface area contributed by atoms with Gasteiger partial charge in [0.15, 0.2) is 5.78 Å². The van der Waals surface area contributed by atoms with Gasteiger partial charge in [0.05, 0.1) is 40.5 Å². The lowest BCUT2D eigenvalue weighted by molar-refractivity contribution is -0.253. The van der Waals surface area contributed by atoms with Crippen molar-refractivity contribution in [2.75, 3.05) is 45.7 Å². The molecule has 3 fully saturated rings. The maximum Gasteiger partial charge on any atom is 0.306 e. The van der Waals surface area contributed by atoms with Crippen LogP contribution in [0.4, 0.5) is 10.1 Å². The number of amides is 1. The summed E-state index contributed by atoms with van der Waals surface area (Å²) in [5.74, 6) is -4.26. The Labute approximate surface area is 288 Å². The highest BCUT2D eigenvalue weighted by molar-refractivity contribution is 7.17. The summed E-state index contributed by atoms with van der Waals surface area (Å²) in [6.45, 7) is 1.92. The van der Waals surface area contributed by atoms with E-state index in [1.807, 2.05) is 34.1 Å². The third-order valence-corrected chi connectivity index (χ3v) is 11.2. The van der Waals surface area contributed by atoms with Gasteiger partial charge in [-0.05, 0) is 62.3 Å². The van der Waals surface area contributed by atoms with Crippen molar-refractivity contribution < 1.29 is 38.1 Å². The Hall–Kier alpha value is -2.97. The third kappa shape index (κ3) is 6.89. The van der Waals surface area contributed by atoms with Gasteiger partial charge in [0.25, 0.3) is 5.91 Å². The molecule has 3 atom stereocenters. The molecule has 13 heteroatoms. The molecule has 1 amide bonds. The fraction of sp³-hybridized carbons (Fsp3) is 0.514. The standard InChI is InChI=1S/C35H41ClFN3O7S/c1-45-29-18-40(19-30(29)46-2)35(39-13-5-6-14-39,47-23-11-9-21(10-12-23)34(43)44)32(41)16-22-15-26(36)28(17-27(22)37)38-33(42)25-20-48-31-8-4-3-7-24(25)31/h3-4,7-8,15,17,20-21,23,29-30H,5-6,9-14,16,18-19H2,1-2H3,(H,38,42)(H,43,44)/t21-,23-,29-,30+,35?. The number of anilines is 1. The fourth-order valence-corrected chi connectivity index (χ4v) is 8.52. The van der Waals surface area contributed by atoms with Gasteiger partial charge in [-0.3, -0.25) is 24.2 Å². The number of ether oxygens (including phenoxy) is 3. The Bertz CT molecular complexity index is 1650. The van der Waals surface area contributed by atoms with Gasteiger partial charge in [0.1, 0.15) is 5.82 Å². The van der Waals surface area contributed by atoms with Crippen LogP contribution < -0.4 is 5.32 Å². The number of nitrogens with zero attached hydrogens (tertiary/aromatic N) is 2. The lowest BCUT2D eigenvalue weighted by Gasteiger charge is -2.48. The van der Waals surface area contributed by atoms with Crippen molar-refractivity contribution in [3.05, 3.63) is 63.7 Å². The Morgan fingerprint density at radius 2 is 1.69 bits per heavy atom. The number of likely N-dealkylation sites (tertiary alicyclic amines) is 2. The number of nitrogens with one attached hydrogen (secondary N) is 1. The highest BCUT2D eigenvalue weighted by atomic mass is 35.5. The molecule has 0 bridgehead atoms. The van der Waals surface area contributed by atoms with Crippen LogP contribution in [0, 0.1) is 11.7 Å². The maximum atomic E-state index is 15.9. The Morgan fingerprint density at radius 3 is 2.33 bits per heavy atom. The van der Waals surface area contributed by atoms with E-state index < -0.39 is 29.5 Å². The first-order valence-corrected chi connectivity index (χ1v) is 17.7. The van der Waals surface area contributed by atoms with Crippen molar-refractivity contribution >= 4 is 56.4 Å². The van der Waals surface area contributed by atoms with Crippen LogP contribution >= 0.6 is 22.9 Å². The number of hydrogen-bond donors (Lipinski definition) is 2. The second-order valence-electron chi connectivity index (χ2n) is 12.8. The molecule has 1 aromatic heterocycles. The summed E-state index contributed by atoms with van der Waals surface area (Å²) in [7, 11) is 3.21. The van der Waals surface area contributed by atoms with E-state index in [9.17, 15) is 19.5 Å². The molecule has 10 nitrogen and oxygen atoms in total. The Morgan fingerprint density at radius 1 is 1.02 bits per heavy atom. The minimum atomic E-state index is -1.55. The van der Waals surface area contributed by atoms with Crippen LogP contribution in [0.1, 0.15) is 54.4 Å². The second kappa shape index (κ2) is 14.9. The van der Waals surface area contributed by atoms with Crippen molar-refractivity contribution in [1.29, 1.82) is 0 Å². The lowest BCUT2D eigenvalue weighted by atomic mass is 9.87. The number of rotatable bonds is 12. The summed E-state index contributed by atoms with van der Waals surface area (Å²) in [5.41, 5.74) is 0.649. The van der Waals surface area contributed by atoms with Gasteiger partial charge >= 0.3 is 5.97 Å². The average molecular weight is 702 g/mol. The zero-order valence-corrected chi connectivity index (χ0v) is 28.7. The molecule has 6 rings (SSSR count). The van der Waals surface area contributed by atoms with Crippen LogP contribution in [0.2, 0.25) is 5.02 Å². The molecule has 2 aromatic carbocycles. The summed E-state index contributed by atoms with van der Waals surface area (Å²) < 4.78 is 35.2. The molecule has 48 heavy (non-hydrogen) atoms. The van der Waals surface area contributed by atoms with E-state index in [2.05, 4.69) is 5.32 Å². The van der Waals surface area contributed by atoms with Gasteiger partial charge < -0.3 is 24.6 Å². The predicted molar refractivity (Wildman–Crippen MR) is 181 cm³/mol. The number of aliphatic carboxylic acids is 1. The molecule has 1 unspecified atom stereocenters. The van der Waals surface area contributed by atoms with Gasteiger partial charge in [-0.2, -0.15) is 0 Å². The predicted octanol–water partition coefficient (Wildman–Crippen LogP) is 5.81. The van der Waals surface area contributed by atoms with E-state index in [1.165, 1.54) is 17.4 Å². The molecule has 2 N–H and O–H groups in total. The van der Waals surface area contributed by atoms with E-state index in [0.29, 0.717) is 57.4 Å². The first-order chi connectivity index (χ1) is 23.1. The van der Waals surface area contributed by atoms with Crippen molar-refractivity contribution in [2.24, 2.45) is 5.92 Å². The number of halogens is 2. The Kier molecular flexibility index (Phi) is 10.8. The summed E-state index contributed by atoms with van der Waals surface area (Å²) >= 11 is 8.07. The second-order valence-corrected chi connectivity index (χ2v) is 14.1. The molecule has 2 saturated heterocycles. The summed E-state index contributed by atoms with van der Waals surface area (Å²) in [6.07, 6.45) is 2.30. The zero-order valence-electron chi connectivity index (χ0n) is 27.1. The molecule has 1 saturated carbocycles. The minimum Gasteiger partial charge on any atom is -0.481 e. The van der Waals surface area contributed by atoms with Crippen molar-refractivity contribution in [2.45, 2.75) is 69.1 Å². The van der Waals surface area contributed by atoms with Crippen LogP contribution in [-0.4, -0.2) is 97.1 Å². The smallest absolute Gasteiger partial charge is 0.306 e. The fourth-order valence-electron chi connectivity index (χ4n) is 7.34.